The fourth-order valence-electron chi connectivity index (χ4n) is 1.25. The number of methoxy groups -OCH3 is 1. The van der Waals surface area contributed by atoms with Gasteiger partial charge in [0.2, 0.25) is 5.91 Å². The van der Waals surface area contributed by atoms with Crippen molar-refractivity contribution in [3.63, 3.8) is 0 Å². The van der Waals surface area contributed by atoms with Gasteiger partial charge >= 0.3 is 0 Å². The molecule has 5 nitrogen and oxygen atoms in total. The Morgan fingerprint density at radius 3 is 3.07 bits per heavy atom. The average Bonchev–Trinajstić information content (AvgIpc) is 2.70. The number of amides is 1. The van der Waals surface area contributed by atoms with E-state index in [2.05, 4.69) is 10.2 Å². The fraction of sp³-hybridized carbons (Fsp3) is 0.600. The lowest BCUT2D eigenvalue weighted by Crippen LogP contribution is -2.29. The number of hydrogen-bond acceptors (Lipinski definition) is 3. The number of likely N-dealkylation sites (N-methyl/N-ethyl adjacent to an activating group) is 1. The smallest absolute Gasteiger partial charge is 0.228 e. The molecule has 0 aromatic carbocycles. The Kier molecular flexibility index (Phi) is 4.83. The maximum atomic E-state index is 11.6. The molecule has 0 aliphatic rings. The van der Waals surface area contributed by atoms with Gasteiger partial charge in [0.15, 0.2) is 0 Å². The summed E-state index contributed by atoms with van der Waals surface area (Å²) in [5, 5.41) is 6.56. The lowest BCUT2D eigenvalue weighted by atomic mass is 10.3. The molecular formula is C10H17N3O2. The van der Waals surface area contributed by atoms with Crippen molar-refractivity contribution in [3.05, 3.63) is 18.0 Å². The Hall–Kier alpha value is -1.36. The van der Waals surface area contributed by atoms with Crippen LogP contribution in [0.5, 0.6) is 0 Å². The zero-order chi connectivity index (χ0) is 11.1. The summed E-state index contributed by atoms with van der Waals surface area (Å²) in [6.07, 6.45) is 2.89. The Bertz CT molecular complexity index is 285. The molecule has 1 amide bonds. The van der Waals surface area contributed by atoms with Crippen LogP contribution in [-0.2, 0) is 16.0 Å². The molecule has 1 N–H and O–H groups in total. The van der Waals surface area contributed by atoms with Gasteiger partial charge in [0, 0.05) is 39.2 Å². The minimum absolute atomic E-state index is 0.0929. The van der Waals surface area contributed by atoms with Crippen LogP contribution in [0.4, 0.5) is 0 Å². The topological polar surface area (TPSA) is 58.2 Å². The first-order valence-corrected chi connectivity index (χ1v) is 4.95. The Labute approximate surface area is 89.4 Å². The predicted molar refractivity (Wildman–Crippen MR) is 56.4 cm³/mol. The zero-order valence-corrected chi connectivity index (χ0v) is 9.19. The van der Waals surface area contributed by atoms with Gasteiger partial charge in [-0.1, -0.05) is 0 Å². The molecule has 1 aromatic heterocycles. The summed E-state index contributed by atoms with van der Waals surface area (Å²) in [7, 11) is 3.46. The van der Waals surface area contributed by atoms with Crippen molar-refractivity contribution in [3.8, 4) is 0 Å². The van der Waals surface area contributed by atoms with Crippen LogP contribution in [-0.4, -0.2) is 48.3 Å². The molecule has 0 spiro atoms. The Morgan fingerprint density at radius 2 is 2.47 bits per heavy atom. The van der Waals surface area contributed by atoms with E-state index in [4.69, 9.17) is 4.74 Å². The molecule has 0 unspecified atom stereocenters. The highest BCUT2D eigenvalue weighted by atomic mass is 16.5. The molecule has 1 rings (SSSR count). The maximum absolute atomic E-state index is 11.6. The number of aromatic amines is 1. The highest BCUT2D eigenvalue weighted by molar-refractivity contribution is 5.77. The normalized spacial score (nSPS) is 10.3. The molecule has 5 heteroatoms. The van der Waals surface area contributed by atoms with Gasteiger partial charge in [-0.15, -0.1) is 0 Å². The second kappa shape index (κ2) is 6.19. The van der Waals surface area contributed by atoms with E-state index in [0.717, 1.165) is 18.7 Å². The van der Waals surface area contributed by atoms with E-state index in [1.807, 2.05) is 0 Å². The molecule has 1 aromatic rings. The number of aromatic nitrogens is 2. The van der Waals surface area contributed by atoms with E-state index in [1.54, 1.807) is 31.3 Å². The quantitative estimate of drug-likeness (QED) is 0.695. The van der Waals surface area contributed by atoms with E-state index >= 15 is 0 Å². The van der Waals surface area contributed by atoms with Crippen molar-refractivity contribution in [1.29, 1.82) is 0 Å². The molecule has 0 saturated carbocycles. The standard InChI is InChI=1S/C10H17N3O2/c1-13(6-3-7-15-2)10(14)8-9-4-5-11-12-9/h4-5H,3,6-8H2,1-2H3,(H,11,12). The third-order valence-electron chi connectivity index (χ3n) is 2.17. The number of carbonyl (C=O) groups excluding carboxylic acids is 1. The lowest BCUT2D eigenvalue weighted by molar-refractivity contribution is -0.129. The zero-order valence-electron chi connectivity index (χ0n) is 9.19. The predicted octanol–water partition coefficient (Wildman–Crippen LogP) is 0.447. The van der Waals surface area contributed by atoms with E-state index in [9.17, 15) is 4.79 Å². The van der Waals surface area contributed by atoms with Crippen LogP contribution in [0.1, 0.15) is 12.1 Å². The maximum Gasteiger partial charge on any atom is 0.228 e. The van der Waals surface area contributed by atoms with Gasteiger partial charge in [0.1, 0.15) is 0 Å². The van der Waals surface area contributed by atoms with Crippen LogP contribution in [0.2, 0.25) is 0 Å². The van der Waals surface area contributed by atoms with Crippen LogP contribution in [0.15, 0.2) is 12.3 Å². The number of hydrogen-bond donors (Lipinski definition) is 1. The van der Waals surface area contributed by atoms with Gasteiger partial charge in [-0.25, -0.2) is 0 Å². The van der Waals surface area contributed by atoms with Crippen molar-refractivity contribution < 1.29 is 9.53 Å². The minimum atomic E-state index is 0.0929. The number of rotatable bonds is 6. The molecule has 0 saturated heterocycles. The van der Waals surface area contributed by atoms with Gasteiger partial charge in [0.25, 0.3) is 0 Å². The largest absolute Gasteiger partial charge is 0.385 e. The summed E-state index contributed by atoms with van der Waals surface area (Å²) in [5.41, 5.74) is 0.846. The number of nitrogens with one attached hydrogen (secondary N) is 1. The van der Waals surface area contributed by atoms with E-state index < -0.39 is 0 Å². The first kappa shape index (κ1) is 11.7. The number of H-pyrrole nitrogens is 1. The first-order chi connectivity index (χ1) is 7.24. The number of nitrogens with zero attached hydrogens (tertiary/aromatic N) is 2. The molecule has 0 aliphatic carbocycles. The first-order valence-electron chi connectivity index (χ1n) is 4.95. The van der Waals surface area contributed by atoms with E-state index in [-0.39, 0.29) is 5.91 Å². The van der Waals surface area contributed by atoms with Crippen LogP contribution in [0.3, 0.4) is 0 Å². The molecule has 15 heavy (non-hydrogen) atoms. The highest BCUT2D eigenvalue weighted by Crippen LogP contribution is 1.98. The summed E-state index contributed by atoms with van der Waals surface area (Å²) in [6.45, 7) is 1.41. The van der Waals surface area contributed by atoms with Gasteiger partial charge in [-0.3, -0.25) is 9.89 Å². The molecule has 1 heterocycles. The molecule has 0 radical (unpaired) electrons. The third kappa shape index (κ3) is 4.12. The second-order valence-corrected chi connectivity index (χ2v) is 3.42. The summed E-state index contributed by atoms with van der Waals surface area (Å²) >= 11 is 0. The van der Waals surface area contributed by atoms with Crippen LogP contribution >= 0.6 is 0 Å². The molecule has 84 valence electrons. The van der Waals surface area contributed by atoms with Gasteiger partial charge < -0.3 is 9.64 Å². The molecule has 0 atom stereocenters. The van der Waals surface area contributed by atoms with Crippen molar-refractivity contribution in [1.82, 2.24) is 15.1 Å². The average molecular weight is 211 g/mol. The second-order valence-electron chi connectivity index (χ2n) is 3.42. The minimum Gasteiger partial charge on any atom is -0.385 e. The molecule has 0 fully saturated rings. The van der Waals surface area contributed by atoms with Crippen molar-refractivity contribution in [2.24, 2.45) is 0 Å². The van der Waals surface area contributed by atoms with Gasteiger partial charge in [0.05, 0.1) is 6.42 Å². The van der Waals surface area contributed by atoms with Crippen LogP contribution in [0, 0.1) is 0 Å². The molecular weight excluding hydrogens is 194 g/mol. The van der Waals surface area contributed by atoms with Crippen molar-refractivity contribution >= 4 is 5.91 Å². The number of ether oxygens (including phenoxy) is 1. The summed E-state index contributed by atoms with van der Waals surface area (Å²) in [6, 6.07) is 1.81. The molecule has 0 aliphatic heterocycles. The Morgan fingerprint density at radius 1 is 1.67 bits per heavy atom. The van der Waals surface area contributed by atoms with E-state index in [1.165, 1.54) is 0 Å². The summed E-state index contributed by atoms with van der Waals surface area (Å²) < 4.78 is 4.92. The van der Waals surface area contributed by atoms with Gasteiger partial charge in [-0.05, 0) is 12.5 Å². The van der Waals surface area contributed by atoms with Crippen molar-refractivity contribution in [2.75, 3.05) is 27.3 Å². The van der Waals surface area contributed by atoms with Crippen molar-refractivity contribution in [2.45, 2.75) is 12.8 Å². The third-order valence-corrected chi connectivity index (χ3v) is 2.17. The SMILES string of the molecule is COCCCN(C)C(=O)Cc1ccn[nH]1. The number of carbonyl (C=O) groups is 1. The lowest BCUT2D eigenvalue weighted by Gasteiger charge is -2.16. The monoisotopic (exact) mass is 211 g/mol. The van der Waals surface area contributed by atoms with Crippen LogP contribution in [0.25, 0.3) is 0 Å². The van der Waals surface area contributed by atoms with Gasteiger partial charge in [-0.2, -0.15) is 5.10 Å². The highest BCUT2D eigenvalue weighted by Gasteiger charge is 2.09. The summed E-state index contributed by atoms with van der Waals surface area (Å²) in [4.78, 5) is 13.4. The van der Waals surface area contributed by atoms with E-state index in [0.29, 0.717) is 13.0 Å². The molecule has 0 bridgehead atoms. The van der Waals surface area contributed by atoms with Crippen LogP contribution < -0.4 is 0 Å². The Balaban J connectivity index is 2.27. The fourth-order valence-corrected chi connectivity index (χ4v) is 1.25. The summed E-state index contributed by atoms with van der Waals surface area (Å²) in [5.74, 6) is 0.0929.